The summed E-state index contributed by atoms with van der Waals surface area (Å²) in [5, 5.41) is 3.36. The van der Waals surface area contributed by atoms with E-state index in [9.17, 15) is 9.59 Å². The Bertz CT molecular complexity index is 491. The van der Waals surface area contributed by atoms with E-state index in [1.54, 1.807) is 24.0 Å². The molecule has 0 atom stereocenters. The van der Waals surface area contributed by atoms with E-state index in [1.807, 2.05) is 26.0 Å². The van der Waals surface area contributed by atoms with E-state index >= 15 is 0 Å². The minimum Gasteiger partial charge on any atom is -0.311 e. The third kappa shape index (κ3) is 3.20. The second-order valence-electron chi connectivity index (χ2n) is 5.64. The van der Waals surface area contributed by atoms with E-state index in [-0.39, 0.29) is 17.2 Å². The standard InChI is InChI=1S/C15H20N2O2/c1-11(18)12-4-6-13(7-5-12)17-9-8-16-15(2,3)10-14(17)19/h4-7,16H,8-10H2,1-3H3. The lowest BCUT2D eigenvalue weighted by atomic mass is 10.0. The van der Waals surface area contributed by atoms with Crippen LogP contribution in [0.3, 0.4) is 0 Å². The number of ketones is 1. The first-order valence-corrected chi connectivity index (χ1v) is 6.55. The molecule has 1 amide bonds. The smallest absolute Gasteiger partial charge is 0.228 e. The number of rotatable bonds is 2. The highest BCUT2D eigenvalue weighted by atomic mass is 16.2. The summed E-state index contributed by atoms with van der Waals surface area (Å²) in [6.07, 6.45) is 0.474. The van der Waals surface area contributed by atoms with Gasteiger partial charge in [0.2, 0.25) is 5.91 Å². The molecule has 4 nitrogen and oxygen atoms in total. The Morgan fingerprint density at radius 3 is 2.47 bits per heavy atom. The zero-order chi connectivity index (χ0) is 14.0. The molecule has 1 aromatic rings. The summed E-state index contributed by atoms with van der Waals surface area (Å²) < 4.78 is 0. The summed E-state index contributed by atoms with van der Waals surface area (Å²) >= 11 is 0. The van der Waals surface area contributed by atoms with Crippen LogP contribution in [0.25, 0.3) is 0 Å². The van der Waals surface area contributed by atoms with Gasteiger partial charge >= 0.3 is 0 Å². The molecular weight excluding hydrogens is 240 g/mol. The van der Waals surface area contributed by atoms with Gasteiger partial charge in [0.1, 0.15) is 0 Å². The Hall–Kier alpha value is -1.68. The highest BCUT2D eigenvalue weighted by Crippen LogP contribution is 2.21. The van der Waals surface area contributed by atoms with Crippen molar-refractivity contribution in [3.8, 4) is 0 Å². The first-order chi connectivity index (χ1) is 8.89. The van der Waals surface area contributed by atoms with Crippen LogP contribution in [0.15, 0.2) is 24.3 Å². The lowest BCUT2D eigenvalue weighted by molar-refractivity contribution is -0.119. The number of carbonyl (C=O) groups is 2. The van der Waals surface area contributed by atoms with Crippen LogP contribution in [0, 0.1) is 0 Å². The molecule has 0 aliphatic carbocycles. The SMILES string of the molecule is CC(=O)c1ccc(N2CCNC(C)(C)CC2=O)cc1. The van der Waals surface area contributed by atoms with Gasteiger partial charge in [-0.15, -0.1) is 0 Å². The van der Waals surface area contributed by atoms with Crippen LogP contribution in [0.2, 0.25) is 0 Å². The number of hydrogen-bond acceptors (Lipinski definition) is 3. The van der Waals surface area contributed by atoms with Crippen LogP contribution >= 0.6 is 0 Å². The van der Waals surface area contributed by atoms with Gasteiger partial charge in [0.25, 0.3) is 0 Å². The molecule has 0 spiro atoms. The van der Waals surface area contributed by atoms with Gasteiger partial charge in [-0.25, -0.2) is 0 Å². The van der Waals surface area contributed by atoms with Crippen molar-refractivity contribution in [2.24, 2.45) is 0 Å². The van der Waals surface area contributed by atoms with Gasteiger partial charge in [0.05, 0.1) is 0 Å². The van der Waals surface area contributed by atoms with Crippen molar-refractivity contribution in [3.63, 3.8) is 0 Å². The largest absolute Gasteiger partial charge is 0.311 e. The van der Waals surface area contributed by atoms with E-state index in [2.05, 4.69) is 5.32 Å². The maximum atomic E-state index is 12.3. The van der Waals surface area contributed by atoms with Crippen molar-refractivity contribution in [1.82, 2.24) is 5.32 Å². The first kappa shape index (κ1) is 13.7. The van der Waals surface area contributed by atoms with Crippen LogP contribution in [-0.4, -0.2) is 30.3 Å². The summed E-state index contributed by atoms with van der Waals surface area (Å²) in [7, 11) is 0. The molecule has 1 heterocycles. The Kier molecular flexibility index (Phi) is 3.71. The predicted molar refractivity (Wildman–Crippen MR) is 75.5 cm³/mol. The van der Waals surface area contributed by atoms with Gasteiger partial charge in [-0.1, -0.05) is 0 Å². The van der Waals surface area contributed by atoms with E-state index in [0.29, 0.717) is 18.5 Å². The molecule has 0 bridgehead atoms. The Morgan fingerprint density at radius 1 is 1.26 bits per heavy atom. The normalized spacial score (nSPS) is 19.1. The van der Waals surface area contributed by atoms with Crippen LogP contribution < -0.4 is 10.2 Å². The maximum Gasteiger partial charge on any atom is 0.228 e. The van der Waals surface area contributed by atoms with Gasteiger partial charge < -0.3 is 10.2 Å². The van der Waals surface area contributed by atoms with Gasteiger partial charge in [-0.3, -0.25) is 9.59 Å². The van der Waals surface area contributed by atoms with E-state index < -0.39 is 0 Å². The minimum atomic E-state index is -0.162. The Balaban J connectivity index is 2.21. The molecule has 102 valence electrons. The maximum absolute atomic E-state index is 12.3. The number of hydrogen-bond donors (Lipinski definition) is 1. The molecule has 2 rings (SSSR count). The minimum absolute atomic E-state index is 0.0385. The molecule has 1 saturated heterocycles. The number of benzene rings is 1. The highest BCUT2D eigenvalue weighted by molar-refractivity contribution is 5.97. The molecule has 1 N–H and O–H groups in total. The topological polar surface area (TPSA) is 49.4 Å². The van der Waals surface area contributed by atoms with Crippen LogP contribution in [-0.2, 0) is 4.79 Å². The molecule has 19 heavy (non-hydrogen) atoms. The fraction of sp³-hybridized carbons (Fsp3) is 0.467. The van der Waals surface area contributed by atoms with Crippen molar-refractivity contribution in [2.75, 3.05) is 18.0 Å². The highest BCUT2D eigenvalue weighted by Gasteiger charge is 2.28. The lowest BCUT2D eigenvalue weighted by Gasteiger charge is -2.23. The summed E-state index contributed by atoms with van der Waals surface area (Å²) in [5.41, 5.74) is 1.37. The summed E-state index contributed by atoms with van der Waals surface area (Å²) in [4.78, 5) is 25.3. The fourth-order valence-corrected chi connectivity index (χ4v) is 2.32. The molecule has 0 aromatic heterocycles. The Morgan fingerprint density at radius 2 is 1.89 bits per heavy atom. The molecule has 0 unspecified atom stereocenters. The summed E-state index contributed by atoms with van der Waals surface area (Å²) in [5.74, 6) is 0.155. The second kappa shape index (κ2) is 5.13. The summed E-state index contributed by atoms with van der Waals surface area (Å²) in [6.45, 7) is 7.04. The zero-order valence-corrected chi connectivity index (χ0v) is 11.7. The van der Waals surface area contributed by atoms with Crippen molar-refractivity contribution in [2.45, 2.75) is 32.7 Å². The van der Waals surface area contributed by atoms with Gasteiger partial charge in [-0.2, -0.15) is 0 Å². The first-order valence-electron chi connectivity index (χ1n) is 6.55. The van der Waals surface area contributed by atoms with Crippen LogP contribution in [0.4, 0.5) is 5.69 Å². The van der Waals surface area contributed by atoms with E-state index in [4.69, 9.17) is 0 Å². The van der Waals surface area contributed by atoms with E-state index in [0.717, 1.165) is 12.2 Å². The monoisotopic (exact) mass is 260 g/mol. The molecule has 0 saturated carbocycles. The third-order valence-corrected chi connectivity index (χ3v) is 3.42. The predicted octanol–water partition coefficient (Wildman–Crippen LogP) is 1.99. The third-order valence-electron chi connectivity index (χ3n) is 3.42. The van der Waals surface area contributed by atoms with Crippen molar-refractivity contribution >= 4 is 17.4 Å². The fourth-order valence-electron chi connectivity index (χ4n) is 2.32. The second-order valence-corrected chi connectivity index (χ2v) is 5.64. The molecule has 1 aliphatic heterocycles. The van der Waals surface area contributed by atoms with E-state index in [1.165, 1.54) is 0 Å². The van der Waals surface area contributed by atoms with Crippen LogP contribution in [0.1, 0.15) is 37.6 Å². The molecule has 1 fully saturated rings. The number of amides is 1. The zero-order valence-electron chi connectivity index (χ0n) is 11.7. The van der Waals surface area contributed by atoms with Crippen molar-refractivity contribution in [1.29, 1.82) is 0 Å². The van der Waals surface area contributed by atoms with Gasteiger partial charge in [0.15, 0.2) is 5.78 Å². The van der Waals surface area contributed by atoms with Crippen molar-refractivity contribution < 1.29 is 9.59 Å². The number of anilines is 1. The average molecular weight is 260 g/mol. The summed E-state index contributed by atoms with van der Waals surface area (Å²) in [6, 6.07) is 7.22. The molecular formula is C15H20N2O2. The average Bonchev–Trinajstić information content (AvgIpc) is 2.46. The van der Waals surface area contributed by atoms with Crippen LogP contribution in [0.5, 0.6) is 0 Å². The number of nitrogens with one attached hydrogen (secondary N) is 1. The van der Waals surface area contributed by atoms with Gasteiger partial charge in [-0.05, 0) is 45.0 Å². The van der Waals surface area contributed by atoms with Crippen molar-refractivity contribution in [3.05, 3.63) is 29.8 Å². The lowest BCUT2D eigenvalue weighted by Crippen LogP contribution is -2.39. The number of Topliss-reactive ketones (excluding diaryl/α,β-unsaturated/α-hetero) is 1. The quantitative estimate of drug-likeness (QED) is 0.827. The molecule has 4 heteroatoms. The number of nitrogens with zero attached hydrogens (tertiary/aromatic N) is 1. The molecule has 0 radical (unpaired) electrons. The molecule has 1 aromatic carbocycles. The Labute approximate surface area is 113 Å². The van der Waals surface area contributed by atoms with Gasteiger partial charge in [0, 0.05) is 36.3 Å². The molecule has 1 aliphatic rings. The number of carbonyl (C=O) groups excluding carboxylic acids is 2.